The highest BCUT2D eigenvalue weighted by Gasteiger charge is 2.35. The van der Waals surface area contributed by atoms with Crippen molar-refractivity contribution in [1.82, 2.24) is 19.4 Å². The third kappa shape index (κ3) is 5.00. The Morgan fingerprint density at radius 1 is 1.20 bits per heavy atom. The van der Waals surface area contributed by atoms with Crippen LogP contribution >= 0.6 is 11.6 Å². The van der Waals surface area contributed by atoms with Gasteiger partial charge < -0.3 is 19.0 Å². The topological polar surface area (TPSA) is 72.4 Å². The summed E-state index contributed by atoms with van der Waals surface area (Å²) in [6, 6.07) is 13.6. The molecule has 2 aromatic carbocycles. The number of carbonyl (C=O) groups is 1. The molecule has 7 nitrogen and oxygen atoms in total. The zero-order chi connectivity index (χ0) is 24.2. The number of amides is 1. The number of halogens is 1. The number of rotatable bonds is 8. The van der Waals surface area contributed by atoms with Gasteiger partial charge in [-0.15, -0.1) is 0 Å². The van der Waals surface area contributed by atoms with Crippen molar-refractivity contribution in [2.75, 3.05) is 19.8 Å². The number of benzene rings is 2. The number of unbranched alkanes of at least 4 members (excludes halogenated alkanes) is 1. The standard InChI is InChI=1S/C27H29ClN4O3/c1-2-34-27(33)32-14-11-22-23-17-20(28)7-10-24(23)30-25(22)26(32)19-5-8-21(9-6-19)35-16-4-3-13-31-15-12-29-18-31/h5-10,12,15,17-18,26,30H,2-4,11,13-14,16H2,1H3. The molecule has 0 spiro atoms. The number of carbonyl (C=O) groups excluding carboxylic acids is 1. The molecule has 1 N–H and O–H groups in total. The zero-order valence-electron chi connectivity index (χ0n) is 19.7. The monoisotopic (exact) mass is 492 g/mol. The Kier molecular flexibility index (Phi) is 6.95. The number of fused-ring (bicyclic) bond motifs is 3. The molecule has 182 valence electrons. The van der Waals surface area contributed by atoms with Gasteiger partial charge in [0, 0.05) is 47.1 Å². The van der Waals surface area contributed by atoms with Crippen LogP contribution in [-0.4, -0.2) is 45.3 Å². The Morgan fingerprint density at radius 3 is 2.83 bits per heavy atom. The number of imidazole rings is 1. The fourth-order valence-corrected chi connectivity index (χ4v) is 4.93. The van der Waals surface area contributed by atoms with E-state index in [1.165, 1.54) is 5.56 Å². The van der Waals surface area contributed by atoms with Gasteiger partial charge in [-0.2, -0.15) is 0 Å². The molecule has 35 heavy (non-hydrogen) atoms. The molecule has 5 rings (SSSR count). The molecule has 0 saturated carbocycles. The Morgan fingerprint density at radius 2 is 2.06 bits per heavy atom. The van der Waals surface area contributed by atoms with Crippen molar-refractivity contribution >= 4 is 28.6 Å². The number of H-pyrrole nitrogens is 1. The van der Waals surface area contributed by atoms with Crippen molar-refractivity contribution in [2.45, 2.75) is 38.8 Å². The average molecular weight is 493 g/mol. The first-order chi connectivity index (χ1) is 17.1. The van der Waals surface area contributed by atoms with E-state index in [0.717, 1.165) is 53.7 Å². The molecular formula is C27H29ClN4O3. The molecule has 1 aliphatic rings. The molecule has 1 atom stereocenters. The summed E-state index contributed by atoms with van der Waals surface area (Å²) in [5.74, 6) is 0.818. The third-order valence-electron chi connectivity index (χ3n) is 6.43. The maximum absolute atomic E-state index is 12.9. The smallest absolute Gasteiger partial charge is 0.410 e. The van der Waals surface area contributed by atoms with Gasteiger partial charge in [0.25, 0.3) is 0 Å². The van der Waals surface area contributed by atoms with Gasteiger partial charge in [0.05, 0.1) is 19.5 Å². The van der Waals surface area contributed by atoms with E-state index in [2.05, 4.69) is 14.5 Å². The summed E-state index contributed by atoms with van der Waals surface area (Å²) in [5, 5.41) is 1.81. The van der Waals surface area contributed by atoms with Crippen molar-refractivity contribution < 1.29 is 14.3 Å². The van der Waals surface area contributed by atoms with Gasteiger partial charge in [0.1, 0.15) is 11.8 Å². The number of aryl methyl sites for hydroxylation is 1. The fourth-order valence-electron chi connectivity index (χ4n) is 4.76. The third-order valence-corrected chi connectivity index (χ3v) is 6.66. The highest BCUT2D eigenvalue weighted by atomic mass is 35.5. The summed E-state index contributed by atoms with van der Waals surface area (Å²) < 4.78 is 13.4. The van der Waals surface area contributed by atoms with E-state index in [-0.39, 0.29) is 12.1 Å². The van der Waals surface area contributed by atoms with Crippen molar-refractivity contribution in [3.63, 3.8) is 0 Å². The van der Waals surface area contributed by atoms with Crippen LogP contribution in [0.4, 0.5) is 4.79 Å². The van der Waals surface area contributed by atoms with Crippen LogP contribution in [0.15, 0.2) is 61.2 Å². The lowest BCUT2D eigenvalue weighted by Crippen LogP contribution is -2.40. The van der Waals surface area contributed by atoms with Gasteiger partial charge in [-0.25, -0.2) is 9.78 Å². The predicted molar refractivity (Wildman–Crippen MR) is 136 cm³/mol. The van der Waals surface area contributed by atoms with E-state index < -0.39 is 0 Å². The number of hydrogen-bond acceptors (Lipinski definition) is 4. The molecular weight excluding hydrogens is 464 g/mol. The van der Waals surface area contributed by atoms with Crippen molar-refractivity contribution in [3.8, 4) is 5.75 Å². The maximum atomic E-state index is 12.9. The molecule has 0 aliphatic carbocycles. The summed E-state index contributed by atoms with van der Waals surface area (Å²) in [6.45, 7) is 4.33. The molecule has 1 unspecified atom stereocenters. The first kappa shape index (κ1) is 23.3. The number of nitrogens with zero attached hydrogens (tertiary/aromatic N) is 3. The minimum absolute atomic E-state index is 0.270. The van der Waals surface area contributed by atoms with Crippen LogP contribution in [0.1, 0.15) is 42.6 Å². The second-order valence-corrected chi connectivity index (χ2v) is 9.11. The quantitative estimate of drug-likeness (QED) is 0.307. The van der Waals surface area contributed by atoms with Crippen molar-refractivity contribution in [2.24, 2.45) is 0 Å². The highest BCUT2D eigenvalue weighted by molar-refractivity contribution is 6.31. The lowest BCUT2D eigenvalue weighted by Gasteiger charge is -2.35. The average Bonchev–Trinajstić information content (AvgIpc) is 3.51. The highest BCUT2D eigenvalue weighted by Crippen LogP contribution is 2.39. The number of hydrogen-bond donors (Lipinski definition) is 1. The second-order valence-electron chi connectivity index (χ2n) is 8.68. The lowest BCUT2D eigenvalue weighted by molar-refractivity contribution is 0.0932. The van der Waals surface area contributed by atoms with E-state index in [4.69, 9.17) is 21.1 Å². The molecule has 1 amide bonds. The molecule has 4 aromatic rings. The molecule has 2 aromatic heterocycles. The van der Waals surface area contributed by atoms with Crippen LogP contribution in [0.25, 0.3) is 10.9 Å². The first-order valence-electron chi connectivity index (χ1n) is 12.1. The molecule has 0 bridgehead atoms. The SMILES string of the molecule is CCOC(=O)N1CCc2c([nH]c3ccc(Cl)cc23)C1c1ccc(OCCCCn2ccnc2)cc1. The van der Waals surface area contributed by atoms with Crippen LogP contribution in [0.2, 0.25) is 5.02 Å². The Labute approximate surface area is 209 Å². The van der Waals surface area contributed by atoms with E-state index in [1.807, 2.05) is 61.9 Å². The molecule has 0 saturated heterocycles. The van der Waals surface area contributed by atoms with Crippen LogP contribution in [-0.2, 0) is 17.7 Å². The number of aromatic nitrogens is 3. The molecule has 1 aliphatic heterocycles. The van der Waals surface area contributed by atoms with Gasteiger partial charge in [0.2, 0.25) is 0 Å². The van der Waals surface area contributed by atoms with E-state index in [9.17, 15) is 4.79 Å². The largest absolute Gasteiger partial charge is 0.494 e. The molecule has 0 radical (unpaired) electrons. The van der Waals surface area contributed by atoms with Crippen LogP contribution in [0, 0.1) is 0 Å². The molecule has 3 heterocycles. The summed E-state index contributed by atoms with van der Waals surface area (Å²) >= 11 is 6.28. The van der Waals surface area contributed by atoms with Gasteiger partial charge in [-0.3, -0.25) is 4.90 Å². The summed E-state index contributed by atoms with van der Waals surface area (Å²) in [6.07, 6.45) is 8.01. The normalized spacial score (nSPS) is 15.3. The Balaban J connectivity index is 1.34. The van der Waals surface area contributed by atoms with E-state index in [0.29, 0.717) is 24.8 Å². The van der Waals surface area contributed by atoms with Crippen LogP contribution < -0.4 is 4.74 Å². The van der Waals surface area contributed by atoms with Crippen molar-refractivity contribution in [3.05, 3.63) is 83.0 Å². The van der Waals surface area contributed by atoms with Gasteiger partial charge in [-0.05, 0) is 67.6 Å². The second kappa shape index (κ2) is 10.4. The first-order valence-corrected chi connectivity index (χ1v) is 12.4. The van der Waals surface area contributed by atoms with E-state index >= 15 is 0 Å². The van der Waals surface area contributed by atoms with Crippen molar-refractivity contribution in [1.29, 1.82) is 0 Å². The number of nitrogens with one attached hydrogen (secondary N) is 1. The minimum atomic E-state index is -0.307. The lowest BCUT2D eigenvalue weighted by atomic mass is 9.92. The Hall–Kier alpha value is -3.45. The maximum Gasteiger partial charge on any atom is 0.410 e. The summed E-state index contributed by atoms with van der Waals surface area (Å²) in [5.41, 5.74) is 4.23. The number of aromatic amines is 1. The number of ether oxygens (including phenoxy) is 2. The van der Waals surface area contributed by atoms with Crippen LogP contribution in [0.5, 0.6) is 5.75 Å². The molecule has 0 fully saturated rings. The fraction of sp³-hybridized carbons (Fsp3) is 0.333. The summed E-state index contributed by atoms with van der Waals surface area (Å²) in [4.78, 5) is 22.3. The Bertz CT molecular complexity index is 1280. The predicted octanol–water partition coefficient (Wildman–Crippen LogP) is 5.98. The van der Waals surface area contributed by atoms with Gasteiger partial charge >= 0.3 is 6.09 Å². The van der Waals surface area contributed by atoms with Gasteiger partial charge in [0.15, 0.2) is 0 Å². The molecule has 8 heteroatoms. The summed E-state index contributed by atoms with van der Waals surface area (Å²) in [7, 11) is 0. The van der Waals surface area contributed by atoms with E-state index in [1.54, 1.807) is 11.1 Å². The van der Waals surface area contributed by atoms with Gasteiger partial charge in [-0.1, -0.05) is 23.7 Å². The zero-order valence-corrected chi connectivity index (χ0v) is 20.5. The van der Waals surface area contributed by atoms with Crippen LogP contribution in [0.3, 0.4) is 0 Å². The minimum Gasteiger partial charge on any atom is -0.494 e.